The molecular weight excluding hydrogens is 515 g/mol. The largest absolute Gasteiger partial charge is 0.465 e. The molecule has 0 aliphatic rings. The average Bonchev–Trinajstić information content (AvgIpc) is 2.83. The van der Waals surface area contributed by atoms with E-state index < -0.39 is 27.7 Å². The van der Waals surface area contributed by atoms with Gasteiger partial charge in [-0.1, -0.05) is 0 Å². The van der Waals surface area contributed by atoms with E-state index in [4.69, 9.17) is 9.47 Å². The number of sulfonamides is 1. The first-order chi connectivity index (χ1) is 16.9. The zero-order chi connectivity index (χ0) is 26.5. The maximum atomic E-state index is 12.7. The number of hydrogen-bond donors (Lipinski definition) is 1. The van der Waals surface area contributed by atoms with Gasteiger partial charge in [-0.2, -0.15) is 13.2 Å². The van der Waals surface area contributed by atoms with Crippen LogP contribution in [-0.2, 0) is 20.9 Å². The Labute approximate surface area is 211 Å². The van der Waals surface area contributed by atoms with E-state index in [1.54, 1.807) is 38.1 Å². The topological polar surface area (TPSA) is 81.7 Å². The smallest absolute Gasteiger partial charge is 0.416 e. The highest BCUT2D eigenvalue weighted by molar-refractivity contribution is 7.99. The molecular formula is C25H24F3NO5S2. The van der Waals surface area contributed by atoms with Crippen molar-refractivity contribution in [2.75, 3.05) is 19.4 Å². The molecule has 0 bridgehead atoms. The lowest BCUT2D eigenvalue weighted by Crippen LogP contribution is -2.26. The number of benzene rings is 3. The van der Waals surface area contributed by atoms with Gasteiger partial charge in [-0.3, -0.25) is 0 Å². The van der Waals surface area contributed by atoms with Crippen molar-refractivity contribution in [2.24, 2.45) is 0 Å². The Kier molecular flexibility index (Phi) is 8.70. The second-order valence-corrected chi connectivity index (χ2v) is 10.7. The van der Waals surface area contributed by atoms with Gasteiger partial charge in [0.25, 0.3) is 0 Å². The zero-order valence-corrected chi connectivity index (χ0v) is 21.3. The van der Waals surface area contributed by atoms with Crippen molar-refractivity contribution in [3.8, 4) is 11.5 Å². The highest BCUT2D eigenvalue weighted by atomic mass is 32.2. The van der Waals surface area contributed by atoms with Crippen molar-refractivity contribution in [3.63, 3.8) is 0 Å². The van der Waals surface area contributed by atoms with Crippen LogP contribution in [0.2, 0.25) is 0 Å². The summed E-state index contributed by atoms with van der Waals surface area (Å²) >= 11 is 1.41. The summed E-state index contributed by atoms with van der Waals surface area (Å²) in [4.78, 5) is 12.8. The molecule has 0 atom stereocenters. The van der Waals surface area contributed by atoms with Gasteiger partial charge in [0.2, 0.25) is 10.0 Å². The Bertz CT molecular complexity index is 1320. The quantitative estimate of drug-likeness (QED) is 0.205. The molecule has 0 saturated carbocycles. The van der Waals surface area contributed by atoms with E-state index in [0.29, 0.717) is 22.6 Å². The number of methoxy groups -OCH3 is 1. The van der Waals surface area contributed by atoms with Crippen LogP contribution in [0.3, 0.4) is 0 Å². The van der Waals surface area contributed by atoms with Gasteiger partial charge in [0.1, 0.15) is 11.5 Å². The van der Waals surface area contributed by atoms with Crippen molar-refractivity contribution < 1.29 is 35.9 Å². The molecule has 6 nitrogen and oxygen atoms in total. The third kappa shape index (κ3) is 7.02. The summed E-state index contributed by atoms with van der Waals surface area (Å²) in [6, 6.07) is 14.1. The van der Waals surface area contributed by atoms with Crippen LogP contribution in [0.25, 0.3) is 0 Å². The first kappa shape index (κ1) is 27.6. The van der Waals surface area contributed by atoms with Crippen LogP contribution < -0.4 is 9.46 Å². The fraction of sp³-hybridized carbons (Fsp3) is 0.240. The number of carbonyl (C=O) groups is 1. The van der Waals surface area contributed by atoms with Crippen molar-refractivity contribution in [1.29, 1.82) is 0 Å². The van der Waals surface area contributed by atoms with Crippen LogP contribution in [0.5, 0.6) is 11.5 Å². The third-order valence-electron chi connectivity index (χ3n) is 5.26. The minimum atomic E-state index is -4.41. The molecule has 0 fully saturated rings. The Morgan fingerprint density at radius 1 is 0.972 bits per heavy atom. The van der Waals surface area contributed by atoms with Gasteiger partial charge in [0.15, 0.2) is 0 Å². The molecule has 0 aliphatic carbocycles. The lowest BCUT2D eigenvalue weighted by atomic mass is 10.0. The highest BCUT2D eigenvalue weighted by Gasteiger charge is 2.30. The van der Waals surface area contributed by atoms with Gasteiger partial charge in [-0.25, -0.2) is 17.9 Å². The predicted octanol–water partition coefficient (Wildman–Crippen LogP) is 5.97. The summed E-state index contributed by atoms with van der Waals surface area (Å²) in [5, 5.41) is 0. The summed E-state index contributed by atoms with van der Waals surface area (Å²) < 4.78 is 76.2. The molecule has 0 spiro atoms. The summed E-state index contributed by atoms with van der Waals surface area (Å²) in [5.41, 5.74) is 0.762. The van der Waals surface area contributed by atoms with E-state index >= 15 is 0 Å². The zero-order valence-electron chi connectivity index (χ0n) is 19.7. The predicted molar refractivity (Wildman–Crippen MR) is 131 cm³/mol. The van der Waals surface area contributed by atoms with Crippen LogP contribution in [0.15, 0.2) is 70.5 Å². The number of ether oxygens (including phenoxy) is 2. The number of aryl methyl sites for hydroxylation is 1. The van der Waals surface area contributed by atoms with Crippen molar-refractivity contribution in [2.45, 2.75) is 29.8 Å². The van der Waals surface area contributed by atoms with Gasteiger partial charge in [-0.15, -0.1) is 11.8 Å². The number of rotatable bonds is 9. The lowest BCUT2D eigenvalue weighted by molar-refractivity contribution is -0.137. The molecule has 0 aliphatic heterocycles. The number of esters is 1. The van der Waals surface area contributed by atoms with Crippen LogP contribution in [0, 0.1) is 13.8 Å². The Balaban J connectivity index is 1.54. The summed E-state index contributed by atoms with van der Waals surface area (Å²) in [6.07, 6.45) is -4.41. The molecule has 0 aromatic heterocycles. The molecule has 3 rings (SSSR count). The van der Waals surface area contributed by atoms with E-state index in [-0.39, 0.29) is 22.8 Å². The number of thioether (sulfide) groups is 1. The van der Waals surface area contributed by atoms with E-state index in [1.807, 2.05) is 0 Å². The van der Waals surface area contributed by atoms with Gasteiger partial charge in [-0.05, 0) is 85.6 Å². The van der Waals surface area contributed by atoms with Gasteiger partial charge in [0, 0.05) is 17.2 Å². The molecule has 0 saturated heterocycles. The average molecular weight is 540 g/mol. The molecule has 0 amide bonds. The summed E-state index contributed by atoms with van der Waals surface area (Å²) in [6.45, 7) is 3.60. The normalized spacial score (nSPS) is 11.8. The minimum absolute atomic E-state index is 0.0132. The fourth-order valence-corrected chi connectivity index (χ4v) is 5.22. The highest BCUT2D eigenvalue weighted by Crippen LogP contribution is 2.32. The number of carbonyl (C=O) groups excluding carboxylic acids is 1. The maximum absolute atomic E-state index is 12.7. The van der Waals surface area contributed by atoms with Gasteiger partial charge >= 0.3 is 12.1 Å². The third-order valence-corrected chi connectivity index (χ3v) is 7.71. The van der Waals surface area contributed by atoms with E-state index in [2.05, 4.69) is 4.72 Å². The molecule has 36 heavy (non-hydrogen) atoms. The second-order valence-electron chi connectivity index (χ2n) is 7.75. The maximum Gasteiger partial charge on any atom is 0.416 e. The van der Waals surface area contributed by atoms with Crippen LogP contribution >= 0.6 is 11.8 Å². The van der Waals surface area contributed by atoms with Crippen molar-refractivity contribution >= 4 is 27.8 Å². The minimum Gasteiger partial charge on any atom is -0.465 e. The summed E-state index contributed by atoms with van der Waals surface area (Å²) in [7, 11) is -2.60. The lowest BCUT2D eigenvalue weighted by Gasteiger charge is -2.12. The Morgan fingerprint density at radius 3 is 2.11 bits per heavy atom. The van der Waals surface area contributed by atoms with Gasteiger partial charge in [0.05, 0.1) is 23.1 Å². The van der Waals surface area contributed by atoms with Crippen molar-refractivity contribution in [1.82, 2.24) is 4.72 Å². The molecule has 3 aromatic rings. The number of halogens is 3. The molecule has 1 N–H and O–H groups in total. The Hall–Kier alpha value is -3.02. The SMILES string of the molecule is COC(=O)c1cc(S(=O)(=O)NCCSc2ccc(Oc3ccc(C(F)(F)F)cc3)cc2)cc(C)c1C. The number of nitrogens with one attached hydrogen (secondary N) is 1. The molecule has 11 heteroatoms. The number of alkyl halides is 3. The van der Waals surface area contributed by atoms with E-state index in [0.717, 1.165) is 17.0 Å². The molecule has 0 heterocycles. The van der Waals surface area contributed by atoms with E-state index in [1.165, 1.54) is 43.1 Å². The molecule has 0 unspecified atom stereocenters. The second kappa shape index (κ2) is 11.4. The Morgan fingerprint density at radius 2 is 1.56 bits per heavy atom. The van der Waals surface area contributed by atoms with Gasteiger partial charge < -0.3 is 9.47 Å². The number of hydrogen-bond acceptors (Lipinski definition) is 6. The van der Waals surface area contributed by atoms with E-state index in [9.17, 15) is 26.4 Å². The standard InChI is InChI=1S/C25H24F3NO5S2/c1-16-14-22(15-23(17(16)2)24(30)33-3)36(31,32)29-12-13-35-21-10-8-20(9-11-21)34-19-6-4-18(5-7-19)25(26,27)28/h4-11,14-15,29H,12-13H2,1-3H3. The van der Waals surface area contributed by atoms with Crippen LogP contribution in [-0.4, -0.2) is 33.8 Å². The molecule has 0 radical (unpaired) electrons. The summed E-state index contributed by atoms with van der Waals surface area (Å²) in [5.74, 6) is 0.567. The molecule has 192 valence electrons. The first-order valence-corrected chi connectivity index (χ1v) is 13.1. The fourth-order valence-electron chi connectivity index (χ4n) is 3.18. The van der Waals surface area contributed by atoms with Crippen LogP contribution in [0.1, 0.15) is 27.0 Å². The monoisotopic (exact) mass is 539 g/mol. The first-order valence-electron chi connectivity index (χ1n) is 10.7. The molecule has 3 aromatic carbocycles. The van der Waals surface area contributed by atoms with Crippen molar-refractivity contribution in [3.05, 3.63) is 82.9 Å². The van der Waals surface area contributed by atoms with Crippen LogP contribution in [0.4, 0.5) is 13.2 Å².